The van der Waals surface area contributed by atoms with E-state index in [1.165, 1.54) is 0 Å². The minimum Gasteiger partial charge on any atom is -0.454 e. The first-order valence-corrected chi connectivity index (χ1v) is 6.54. The Labute approximate surface area is 118 Å². The van der Waals surface area contributed by atoms with E-state index < -0.39 is 0 Å². The molecule has 6 heteroatoms. The number of rotatable bonds is 7. The van der Waals surface area contributed by atoms with Gasteiger partial charge in [0, 0.05) is 20.2 Å². The SMILES string of the molecule is CNCC(=O)N(CCOC)Cc1ccc2c(c1)OCO2. The van der Waals surface area contributed by atoms with E-state index in [4.69, 9.17) is 14.2 Å². The van der Waals surface area contributed by atoms with E-state index in [0.29, 0.717) is 26.2 Å². The lowest BCUT2D eigenvalue weighted by atomic mass is 10.2. The van der Waals surface area contributed by atoms with Crippen LogP contribution in [0.3, 0.4) is 0 Å². The maximum atomic E-state index is 12.0. The molecule has 20 heavy (non-hydrogen) atoms. The largest absolute Gasteiger partial charge is 0.454 e. The first-order chi connectivity index (χ1) is 9.74. The predicted octanol–water partition coefficient (Wildman–Crippen LogP) is 0.610. The van der Waals surface area contributed by atoms with E-state index in [0.717, 1.165) is 17.1 Å². The van der Waals surface area contributed by atoms with Crippen LogP contribution in [-0.2, 0) is 16.1 Å². The van der Waals surface area contributed by atoms with Gasteiger partial charge in [-0.3, -0.25) is 4.79 Å². The van der Waals surface area contributed by atoms with Gasteiger partial charge in [0.1, 0.15) is 0 Å². The third-order valence-electron chi connectivity index (χ3n) is 3.06. The number of hydrogen-bond donors (Lipinski definition) is 1. The molecule has 1 aliphatic heterocycles. The van der Waals surface area contributed by atoms with Crippen LogP contribution in [0, 0.1) is 0 Å². The van der Waals surface area contributed by atoms with Gasteiger partial charge in [0.25, 0.3) is 0 Å². The van der Waals surface area contributed by atoms with Crippen molar-refractivity contribution in [3.05, 3.63) is 23.8 Å². The number of benzene rings is 1. The molecule has 0 aromatic heterocycles. The zero-order valence-electron chi connectivity index (χ0n) is 11.8. The Kier molecular flexibility index (Phi) is 5.20. The Hall–Kier alpha value is -1.79. The number of carbonyl (C=O) groups is 1. The van der Waals surface area contributed by atoms with Crippen LogP contribution in [0.5, 0.6) is 11.5 Å². The summed E-state index contributed by atoms with van der Waals surface area (Å²) in [5.41, 5.74) is 1.01. The van der Waals surface area contributed by atoms with E-state index in [-0.39, 0.29) is 12.7 Å². The van der Waals surface area contributed by atoms with Gasteiger partial charge >= 0.3 is 0 Å². The minimum absolute atomic E-state index is 0.0437. The molecule has 0 unspecified atom stereocenters. The molecule has 0 radical (unpaired) electrons. The van der Waals surface area contributed by atoms with E-state index in [1.54, 1.807) is 19.1 Å². The third kappa shape index (κ3) is 3.61. The summed E-state index contributed by atoms with van der Waals surface area (Å²) in [5, 5.41) is 2.88. The van der Waals surface area contributed by atoms with Gasteiger partial charge in [-0.05, 0) is 24.7 Å². The smallest absolute Gasteiger partial charge is 0.236 e. The number of nitrogens with one attached hydrogen (secondary N) is 1. The van der Waals surface area contributed by atoms with Crippen molar-refractivity contribution in [2.75, 3.05) is 40.6 Å². The Balaban J connectivity index is 2.04. The van der Waals surface area contributed by atoms with Crippen LogP contribution in [0.25, 0.3) is 0 Å². The maximum absolute atomic E-state index is 12.0. The van der Waals surface area contributed by atoms with Gasteiger partial charge in [-0.1, -0.05) is 6.07 Å². The quantitative estimate of drug-likeness (QED) is 0.793. The monoisotopic (exact) mass is 280 g/mol. The second-order valence-electron chi connectivity index (χ2n) is 4.53. The van der Waals surface area contributed by atoms with Gasteiger partial charge in [0.15, 0.2) is 11.5 Å². The minimum atomic E-state index is 0.0437. The summed E-state index contributed by atoms with van der Waals surface area (Å²) in [7, 11) is 3.38. The van der Waals surface area contributed by atoms with Gasteiger partial charge in [-0.2, -0.15) is 0 Å². The van der Waals surface area contributed by atoms with Crippen LogP contribution in [-0.4, -0.2) is 51.5 Å². The number of likely N-dealkylation sites (N-methyl/N-ethyl adjacent to an activating group) is 1. The topological polar surface area (TPSA) is 60.0 Å². The molecule has 0 fully saturated rings. The number of hydrogen-bond acceptors (Lipinski definition) is 5. The van der Waals surface area contributed by atoms with Crippen molar-refractivity contribution in [2.45, 2.75) is 6.54 Å². The van der Waals surface area contributed by atoms with Crippen molar-refractivity contribution in [3.8, 4) is 11.5 Å². The standard InChI is InChI=1S/C14H20N2O4/c1-15-8-14(17)16(5-6-18-2)9-11-3-4-12-13(7-11)20-10-19-12/h3-4,7,15H,5-6,8-10H2,1-2H3. The molecule has 2 rings (SSSR count). The lowest BCUT2D eigenvalue weighted by molar-refractivity contribution is -0.131. The summed E-state index contributed by atoms with van der Waals surface area (Å²) in [5.74, 6) is 1.52. The molecule has 1 aromatic rings. The Bertz CT molecular complexity index is 464. The van der Waals surface area contributed by atoms with E-state index in [1.807, 2.05) is 18.2 Å². The number of amides is 1. The second kappa shape index (κ2) is 7.12. The number of methoxy groups -OCH3 is 1. The van der Waals surface area contributed by atoms with Gasteiger partial charge in [-0.15, -0.1) is 0 Å². The number of fused-ring (bicyclic) bond motifs is 1. The average Bonchev–Trinajstić information content (AvgIpc) is 2.91. The lowest BCUT2D eigenvalue weighted by Gasteiger charge is -2.22. The fourth-order valence-corrected chi connectivity index (χ4v) is 2.02. The highest BCUT2D eigenvalue weighted by atomic mass is 16.7. The molecule has 1 N–H and O–H groups in total. The van der Waals surface area contributed by atoms with Crippen molar-refractivity contribution >= 4 is 5.91 Å². The zero-order valence-corrected chi connectivity index (χ0v) is 11.8. The molecule has 1 aliphatic rings. The summed E-state index contributed by atoms with van der Waals surface area (Å²) >= 11 is 0. The average molecular weight is 280 g/mol. The molecule has 1 heterocycles. The molecule has 0 atom stereocenters. The summed E-state index contributed by atoms with van der Waals surface area (Å²) < 4.78 is 15.7. The van der Waals surface area contributed by atoms with Gasteiger partial charge in [0.2, 0.25) is 12.7 Å². The molecule has 0 spiro atoms. The van der Waals surface area contributed by atoms with Crippen molar-refractivity contribution in [1.82, 2.24) is 10.2 Å². The molecule has 0 saturated carbocycles. The van der Waals surface area contributed by atoms with Gasteiger partial charge < -0.3 is 24.4 Å². The lowest BCUT2D eigenvalue weighted by Crippen LogP contribution is -2.38. The predicted molar refractivity (Wildman–Crippen MR) is 73.8 cm³/mol. The highest BCUT2D eigenvalue weighted by Gasteiger charge is 2.17. The summed E-state index contributed by atoms with van der Waals surface area (Å²) in [6.45, 7) is 2.17. The summed E-state index contributed by atoms with van der Waals surface area (Å²) in [4.78, 5) is 13.8. The Morgan fingerprint density at radius 3 is 2.95 bits per heavy atom. The van der Waals surface area contributed by atoms with Crippen LogP contribution in [0.15, 0.2) is 18.2 Å². The Morgan fingerprint density at radius 2 is 2.20 bits per heavy atom. The summed E-state index contributed by atoms with van der Waals surface area (Å²) in [6, 6.07) is 5.73. The number of ether oxygens (including phenoxy) is 3. The second-order valence-corrected chi connectivity index (χ2v) is 4.53. The van der Waals surface area contributed by atoms with E-state index >= 15 is 0 Å². The van der Waals surface area contributed by atoms with Gasteiger partial charge in [0.05, 0.1) is 13.2 Å². The van der Waals surface area contributed by atoms with Crippen LogP contribution >= 0.6 is 0 Å². The molecule has 110 valence electrons. The van der Waals surface area contributed by atoms with Gasteiger partial charge in [-0.25, -0.2) is 0 Å². The van der Waals surface area contributed by atoms with Crippen molar-refractivity contribution < 1.29 is 19.0 Å². The fraction of sp³-hybridized carbons (Fsp3) is 0.500. The molecule has 1 amide bonds. The fourth-order valence-electron chi connectivity index (χ4n) is 2.02. The van der Waals surface area contributed by atoms with E-state index in [9.17, 15) is 4.79 Å². The van der Waals surface area contributed by atoms with Crippen molar-refractivity contribution in [3.63, 3.8) is 0 Å². The molecular weight excluding hydrogens is 260 g/mol. The van der Waals surface area contributed by atoms with Crippen molar-refractivity contribution in [1.29, 1.82) is 0 Å². The molecule has 1 aromatic carbocycles. The highest BCUT2D eigenvalue weighted by molar-refractivity contribution is 5.78. The molecule has 0 saturated heterocycles. The molecular formula is C14H20N2O4. The number of nitrogens with zero attached hydrogens (tertiary/aromatic N) is 1. The maximum Gasteiger partial charge on any atom is 0.236 e. The van der Waals surface area contributed by atoms with Crippen molar-refractivity contribution in [2.24, 2.45) is 0 Å². The summed E-state index contributed by atoms with van der Waals surface area (Å²) in [6.07, 6.45) is 0. The molecule has 6 nitrogen and oxygen atoms in total. The van der Waals surface area contributed by atoms with Crippen LogP contribution < -0.4 is 14.8 Å². The first-order valence-electron chi connectivity index (χ1n) is 6.54. The van der Waals surface area contributed by atoms with Crippen LogP contribution in [0.2, 0.25) is 0 Å². The highest BCUT2D eigenvalue weighted by Crippen LogP contribution is 2.32. The molecule has 0 aliphatic carbocycles. The normalized spacial score (nSPS) is 12.5. The van der Waals surface area contributed by atoms with Crippen LogP contribution in [0.1, 0.15) is 5.56 Å². The molecule has 0 bridgehead atoms. The third-order valence-corrected chi connectivity index (χ3v) is 3.06. The first kappa shape index (κ1) is 14.6. The zero-order chi connectivity index (χ0) is 14.4. The Morgan fingerprint density at radius 1 is 1.40 bits per heavy atom. The van der Waals surface area contributed by atoms with E-state index in [2.05, 4.69) is 5.32 Å². The number of carbonyl (C=O) groups excluding carboxylic acids is 1. The van der Waals surface area contributed by atoms with Crippen LogP contribution in [0.4, 0.5) is 0 Å².